The Morgan fingerprint density at radius 2 is 2.33 bits per heavy atom. The van der Waals surface area contributed by atoms with Crippen LogP contribution in [0.15, 0.2) is 11.6 Å². The first kappa shape index (κ1) is 5.65. The maximum absolute atomic E-state index is 9.54. The van der Waals surface area contributed by atoms with Gasteiger partial charge >= 0.3 is 0 Å². The third-order valence-electron chi connectivity index (χ3n) is 0.195. The molecule has 0 rings (SSSR count). The number of nitrogens with two attached hydrogens (primary N) is 1. The maximum atomic E-state index is 9.54. The second-order valence-corrected chi connectivity index (χ2v) is 1.43. The molecule has 0 saturated carbocycles. The van der Waals surface area contributed by atoms with Gasteiger partial charge in [0, 0.05) is 11.6 Å². The summed E-state index contributed by atoms with van der Waals surface area (Å²) in [4.78, 5) is 0. The lowest BCUT2D eigenvalue weighted by atomic mass is 11.1. The molecule has 0 spiro atoms. The standard InChI is InChI=1S/C2H5NO2S/c3-1-2-6(4)5/h1-2H,3H2,(H,4,5)/b2-1+. The van der Waals surface area contributed by atoms with Crippen LogP contribution < -0.4 is 5.73 Å². The van der Waals surface area contributed by atoms with Gasteiger partial charge in [-0.15, -0.1) is 0 Å². The van der Waals surface area contributed by atoms with E-state index < -0.39 is 11.1 Å². The average Bonchev–Trinajstić information content (AvgIpc) is 1.35. The third-order valence-corrected chi connectivity index (χ3v) is 0.585. The first-order chi connectivity index (χ1) is 2.77. The molecule has 0 radical (unpaired) electrons. The summed E-state index contributed by atoms with van der Waals surface area (Å²) < 4.78 is 17.4. The minimum atomic E-state index is -1.87. The summed E-state index contributed by atoms with van der Waals surface area (Å²) in [5.74, 6) is 0. The van der Waals surface area contributed by atoms with E-state index in [-0.39, 0.29) is 0 Å². The van der Waals surface area contributed by atoms with Gasteiger partial charge in [0.25, 0.3) is 0 Å². The first-order valence-electron chi connectivity index (χ1n) is 1.25. The Bertz CT molecular complexity index is 79.6. The fourth-order valence-electron chi connectivity index (χ4n) is 0.0672. The molecule has 3 nitrogen and oxygen atoms in total. The van der Waals surface area contributed by atoms with E-state index in [2.05, 4.69) is 0 Å². The van der Waals surface area contributed by atoms with Gasteiger partial charge in [-0.05, 0) is 0 Å². The molecule has 0 saturated heterocycles. The maximum Gasteiger partial charge on any atom is 0.180 e. The molecule has 0 aromatic heterocycles. The molecule has 3 N–H and O–H groups in total. The van der Waals surface area contributed by atoms with Gasteiger partial charge in [0.05, 0.1) is 0 Å². The zero-order valence-corrected chi connectivity index (χ0v) is 3.81. The van der Waals surface area contributed by atoms with Crippen molar-refractivity contribution in [1.82, 2.24) is 0 Å². The van der Waals surface area contributed by atoms with Crippen molar-refractivity contribution >= 4 is 11.1 Å². The van der Waals surface area contributed by atoms with Crippen LogP contribution in [0.3, 0.4) is 0 Å². The molecule has 1 atom stereocenters. The van der Waals surface area contributed by atoms with Gasteiger partial charge in [-0.25, -0.2) is 4.21 Å². The van der Waals surface area contributed by atoms with Crippen molar-refractivity contribution in [2.45, 2.75) is 0 Å². The van der Waals surface area contributed by atoms with Gasteiger partial charge in [-0.1, -0.05) is 0 Å². The molecular weight excluding hydrogens is 102 g/mol. The van der Waals surface area contributed by atoms with Crippen LogP contribution in [0.5, 0.6) is 0 Å². The van der Waals surface area contributed by atoms with Crippen LogP contribution in [0.1, 0.15) is 0 Å². The van der Waals surface area contributed by atoms with Crippen LogP contribution in [0.4, 0.5) is 0 Å². The van der Waals surface area contributed by atoms with Crippen molar-refractivity contribution in [1.29, 1.82) is 0 Å². The number of hydrogen-bond acceptors (Lipinski definition) is 2. The Morgan fingerprint density at radius 3 is 2.33 bits per heavy atom. The highest BCUT2D eigenvalue weighted by atomic mass is 32.2. The summed E-state index contributed by atoms with van der Waals surface area (Å²) in [5, 5.41) is 0.972. The summed E-state index contributed by atoms with van der Waals surface area (Å²) in [5.41, 5.74) is 4.70. The molecular formula is C2H5NO2S. The lowest BCUT2D eigenvalue weighted by Gasteiger charge is -1.70. The van der Waals surface area contributed by atoms with Crippen LogP contribution in [-0.4, -0.2) is 8.76 Å². The van der Waals surface area contributed by atoms with Crippen molar-refractivity contribution < 1.29 is 8.76 Å². The second kappa shape index (κ2) is 2.87. The highest BCUT2D eigenvalue weighted by molar-refractivity contribution is 7.82. The number of hydrogen-bond donors (Lipinski definition) is 2. The Hall–Kier alpha value is -0.350. The largest absolute Gasteiger partial charge is 0.404 e. The monoisotopic (exact) mass is 107 g/mol. The average molecular weight is 107 g/mol. The second-order valence-electron chi connectivity index (χ2n) is 0.605. The predicted octanol–water partition coefficient (Wildman–Crippen LogP) is -0.362. The van der Waals surface area contributed by atoms with Crippen LogP contribution in [0.25, 0.3) is 0 Å². The lowest BCUT2D eigenvalue weighted by molar-refractivity contribution is 0.574. The van der Waals surface area contributed by atoms with Crippen molar-refractivity contribution in [3.63, 3.8) is 0 Å². The molecule has 36 valence electrons. The summed E-state index contributed by atoms with van der Waals surface area (Å²) in [7, 11) is 0. The molecule has 0 aliphatic rings. The van der Waals surface area contributed by atoms with E-state index in [0.29, 0.717) is 0 Å². The molecule has 1 unspecified atom stereocenters. The highest BCUT2D eigenvalue weighted by Gasteiger charge is 1.72. The van der Waals surface area contributed by atoms with Gasteiger partial charge in [0.1, 0.15) is 0 Å². The molecule has 6 heavy (non-hydrogen) atoms. The molecule has 0 aromatic carbocycles. The Balaban J connectivity index is 3.30. The predicted molar refractivity (Wildman–Crippen MR) is 24.1 cm³/mol. The molecule has 0 aliphatic heterocycles. The van der Waals surface area contributed by atoms with E-state index in [1.807, 2.05) is 0 Å². The summed E-state index contributed by atoms with van der Waals surface area (Å²) in [6.07, 6.45) is 1.02. The van der Waals surface area contributed by atoms with E-state index in [1.165, 1.54) is 0 Å². The third kappa shape index (κ3) is 3.65. The van der Waals surface area contributed by atoms with Gasteiger partial charge in [0.15, 0.2) is 11.1 Å². The summed E-state index contributed by atoms with van der Waals surface area (Å²) >= 11 is -1.87. The SMILES string of the molecule is N/C=C/S(=O)O. The Morgan fingerprint density at radius 1 is 1.83 bits per heavy atom. The fraction of sp³-hybridized carbons (Fsp3) is 0. The Kier molecular flexibility index (Phi) is 2.70. The topological polar surface area (TPSA) is 63.3 Å². The quantitative estimate of drug-likeness (QED) is 0.450. The van der Waals surface area contributed by atoms with Crippen molar-refractivity contribution in [3.05, 3.63) is 11.6 Å². The highest BCUT2D eigenvalue weighted by Crippen LogP contribution is 1.68. The van der Waals surface area contributed by atoms with Crippen molar-refractivity contribution in [2.75, 3.05) is 0 Å². The smallest absolute Gasteiger partial charge is 0.180 e. The van der Waals surface area contributed by atoms with Gasteiger partial charge in [-0.2, -0.15) is 0 Å². The molecule has 0 heterocycles. The van der Waals surface area contributed by atoms with Gasteiger partial charge in [-0.3, -0.25) is 0 Å². The van der Waals surface area contributed by atoms with Gasteiger partial charge < -0.3 is 10.3 Å². The van der Waals surface area contributed by atoms with E-state index in [1.54, 1.807) is 0 Å². The molecule has 0 bridgehead atoms. The minimum Gasteiger partial charge on any atom is -0.404 e. The Labute approximate surface area is 38.1 Å². The zero-order chi connectivity index (χ0) is 4.99. The minimum absolute atomic E-state index is 0.972. The van der Waals surface area contributed by atoms with Crippen molar-refractivity contribution in [2.24, 2.45) is 5.73 Å². The first-order valence-corrected chi connectivity index (χ1v) is 2.42. The van der Waals surface area contributed by atoms with Crippen LogP contribution in [0, 0.1) is 0 Å². The molecule has 0 aromatic rings. The van der Waals surface area contributed by atoms with E-state index in [9.17, 15) is 4.21 Å². The number of rotatable bonds is 1. The summed E-state index contributed by atoms with van der Waals surface area (Å²) in [6, 6.07) is 0. The molecule has 0 fully saturated rings. The van der Waals surface area contributed by atoms with E-state index in [0.717, 1.165) is 11.6 Å². The van der Waals surface area contributed by atoms with Crippen LogP contribution in [-0.2, 0) is 11.1 Å². The lowest BCUT2D eigenvalue weighted by Crippen LogP contribution is -1.81. The van der Waals surface area contributed by atoms with Gasteiger partial charge in [0.2, 0.25) is 0 Å². The van der Waals surface area contributed by atoms with Crippen molar-refractivity contribution in [3.8, 4) is 0 Å². The van der Waals surface area contributed by atoms with E-state index in [4.69, 9.17) is 10.3 Å². The van der Waals surface area contributed by atoms with Crippen LogP contribution >= 0.6 is 0 Å². The summed E-state index contributed by atoms with van der Waals surface area (Å²) in [6.45, 7) is 0. The zero-order valence-electron chi connectivity index (χ0n) is 3.00. The molecule has 0 aliphatic carbocycles. The molecule has 0 amide bonds. The van der Waals surface area contributed by atoms with E-state index >= 15 is 0 Å². The normalized spacial score (nSPS) is 15.5. The molecule has 4 heteroatoms. The van der Waals surface area contributed by atoms with Crippen LogP contribution in [0.2, 0.25) is 0 Å². The fourth-order valence-corrected chi connectivity index (χ4v) is 0.202.